The summed E-state index contributed by atoms with van der Waals surface area (Å²) in [7, 11) is 1.55. The number of fused-ring (bicyclic) bond motifs is 3. The minimum absolute atomic E-state index is 0.222. The molecule has 2 aromatic carbocycles. The summed E-state index contributed by atoms with van der Waals surface area (Å²) in [5.74, 6) is 1.54. The fraction of sp³-hybridized carbons (Fsp3) is 0.238. The van der Waals surface area contributed by atoms with Crippen molar-refractivity contribution in [1.29, 1.82) is 0 Å². The summed E-state index contributed by atoms with van der Waals surface area (Å²) in [5.41, 5.74) is 3.32. The van der Waals surface area contributed by atoms with Crippen LogP contribution in [0.25, 0.3) is 11.3 Å². The van der Waals surface area contributed by atoms with Gasteiger partial charge in [0.1, 0.15) is 18.1 Å². The number of nitrogens with zero attached hydrogens (tertiary/aromatic N) is 2. The molecule has 0 radical (unpaired) electrons. The van der Waals surface area contributed by atoms with Crippen LogP contribution in [0.2, 0.25) is 5.02 Å². The fourth-order valence-corrected chi connectivity index (χ4v) is 3.51. The van der Waals surface area contributed by atoms with Crippen LogP contribution in [0.1, 0.15) is 28.5 Å². The quantitative estimate of drug-likeness (QED) is 0.627. The fourth-order valence-electron chi connectivity index (χ4n) is 3.35. The van der Waals surface area contributed by atoms with E-state index in [1.165, 1.54) is 0 Å². The number of carbonyl (C=O) groups is 1. The lowest BCUT2D eigenvalue weighted by Crippen LogP contribution is -2.32. The van der Waals surface area contributed by atoms with Crippen molar-refractivity contribution >= 4 is 23.2 Å². The van der Waals surface area contributed by atoms with Gasteiger partial charge in [0, 0.05) is 11.6 Å². The van der Waals surface area contributed by atoms with E-state index in [2.05, 4.69) is 5.16 Å². The Morgan fingerprint density at radius 2 is 2.11 bits per heavy atom. The highest BCUT2D eigenvalue weighted by atomic mass is 35.5. The van der Waals surface area contributed by atoms with Gasteiger partial charge in [0.2, 0.25) is 0 Å². The van der Waals surface area contributed by atoms with Crippen molar-refractivity contribution in [2.75, 3.05) is 18.6 Å². The van der Waals surface area contributed by atoms with Gasteiger partial charge in [-0.1, -0.05) is 28.4 Å². The number of aromatic nitrogens is 1. The molecule has 1 aliphatic heterocycles. The lowest BCUT2D eigenvalue weighted by atomic mass is 10.0. The molecule has 28 heavy (non-hydrogen) atoms. The van der Waals surface area contributed by atoms with E-state index in [-0.39, 0.29) is 18.2 Å². The summed E-state index contributed by atoms with van der Waals surface area (Å²) in [4.78, 5) is 14.9. The first-order valence-corrected chi connectivity index (χ1v) is 9.29. The van der Waals surface area contributed by atoms with Crippen molar-refractivity contribution in [2.45, 2.75) is 20.5 Å². The second-order valence-corrected chi connectivity index (χ2v) is 6.93. The highest BCUT2D eigenvalue weighted by Gasteiger charge is 2.32. The van der Waals surface area contributed by atoms with Gasteiger partial charge in [0.15, 0.2) is 11.5 Å². The first-order chi connectivity index (χ1) is 13.5. The molecule has 1 aromatic heterocycles. The van der Waals surface area contributed by atoms with Gasteiger partial charge in [-0.3, -0.25) is 4.79 Å². The van der Waals surface area contributed by atoms with Gasteiger partial charge < -0.3 is 18.9 Å². The standard InChI is InChI=1S/C21H19ClN2O4/c1-4-24(16-10-13(22)6-8-18(16)26-3)21(25)19-15-11-27-17-7-5-12(2)9-14(17)20(15)28-23-19/h5-10H,4,11H2,1-3H3. The summed E-state index contributed by atoms with van der Waals surface area (Å²) in [6.07, 6.45) is 0. The number of hydrogen-bond donors (Lipinski definition) is 0. The molecule has 0 atom stereocenters. The Bertz CT molecular complexity index is 1060. The highest BCUT2D eigenvalue weighted by Crippen LogP contribution is 2.40. The number of anilines is 1. The molecule has 0 bridgehead atoms. The number of aryl methyl sites for hydroxylation is 1. The van der Waals surface area contributed by atoms with Crippen LogP contribution in [0, 0.1) is 6.92 Å². The van der Waals surface area contributed by atoms with Crippen molar-refractivity contribution in [3.8, 4) is 22.8 Å². The van der Waals surface area contributed by atoms with Gasteiger partial charge in [0.25, 0.3) is 5.91 Å². The van der Waals surface area contributed by atoms with Crippen molar-refractivity contribution in [2.24, 2.45) is 0 Å². The Morgan fingerprint density at radius 3 is 2.86 bits per heavy atom. The van der Waals surface area contributed by atoms with Crippen molar-refractivity contribution < 1.29 is 18.8 Å². The summed E-state index contributed by atoms with van der Waals surface area (Å²) in [5, 5.41) is 4.59. The van der Waals surface area contributed by atoms with Crippen molar-refractivity contribution in [3.05, 3.63) is 58.2 Å². The van der Waals surface area contributed by atoms with Crippen molar-refractivity contribution in [3.63, 3.8) is 0 Å². The first-order valence-electron chi connectivity index (χ1n) is 8.91. The molecule has 0 unspecified atom stereocenters. The minimum atomic E-state index is -0.298. The second-order valence-electron chi connectivity index (χ2n) is 6.49. The molecule has 0 saturated heterocycles. The van der Waals surface area contributed by atoms with E-state index in [1.807, 2.05) is 32.0 Å². The Kier molecular flexibility index (Phi) is 4.73. The molecule has 1 amide bonds. The summed E-state index contributed by atoms with van der Waals surface area (Å²) >= 11 is 6.14. The van der Waals surface area contributed by atoms with Crippen LogP contribution in [0.15, 0.2) is 40.9 Å². The Labute approximate surface area is 167 Å². The van der Waals surface area contributed by atoms with E-state index < -0.39 is 0 Å². The summed E-state index contributed by atoms with van der Waals surface area (Å²) < 4.78 is 16.8. The number of hydrogen-bond acceptors (Lipinski definition) is 5. The average molecular weight is 399 g/mol. The number of halogens is 1. The minimum Gasteiger partial charge on any atom is -0.495 e. The van der Waals surface area contributed by atoms with Gasteiger partial charge >= 0.3 is 0 Å². The number of amides is 1. The third kappa shape index (κ3) is 2.99. The Morgan fingerprint density at radius 1 is 1.29 bits per heavy atom. The second kappa shape index (κ2) is 7.20. The molecule has 0 saturated carbocycles. The SMILES string of the molecule is CCN(C(=O)c1noc2c1COc1ccc(C)cc1-2)c1cc(Cl)ccc1OC. The Balaban J connectivity index is 1.77. The molecular weight excluding hydrogens is 380 g/mol. The van der Waals surface area contributed by atoms with Gasteiger partial charge in [0.05, 0.1) is 23.9 Å². The molecule has 6 nitrogen and oxygen atoms in total. The topological polar surface area (TPSA) is 64.8 Å². The normalized spacial score (nSPS) is 12.0. The Hall–Kier alpha value is -2.99. The monoisotopic (exact) mass is 398 g/mol. The summed E-state index contributed by atoms with van der Waals surface area (Å²) in [6, 6.07) is 11.0. The zero-order chi connectivity index (χ0) is 19.8. The largest absolute Gasteiger partial charge is 0.495 e. The molecule has 0 fully saturated rings. The number of rotatable bonds is 4. The van der Waals surface area contributed by atoms with Crippen LogP contribution in [0.3, 0.4) is 0 Å². The first kappa shape index (κ1) is 18.4. The maximum Gasteiger partial charge on any atom is 0.281 e. The molecule has 3 aromatic rings. The van der Waals surface area contributed by atoms with Crippen LogP contribution in [-0.2, 0) is 6.61 Å². The lowest BCUT2D eigenvalue weighted by molar-refractivity contribution is 0.0977. The lowest BCUT2D eigenvalue weighted by Gasteiger charge is -2.23. The molecule has 7 heteroatoms. The van der Waals surface area contributed by atoms with E-state index in [9.17, 15) is 4.79 Å². The van der Waals surface area contributed by atoms with Crippen LogP contribution in [0.4, 0.5) is 5.69 Å². The molecule has 0 N–H and O–H groups in total. The number of benzene rings is 2. The average Bonchev–Trinajstić information content (AvgIpc) is 3.13. The van der Waals surface area contributed by atoms with Gasteiger partial charge in [-0.05, 0) is 44.2 Å². The van der Waals surface area contributed by atoms with E-state index in [1.54, 1.807) is 30.2 Å². The zero-order valence-corrected chi connectivity index (χ0v) is 16.5. The highest BCUT2D eigenvalue weighted by molar-refractivity contribution is 6.31. The van der Waals surface area contributed by atoms with E-state index in [0.717, 1.165) is 16.9 Å². The number of methoxy groups -OCH3 is 1. The molecule has 0 aliphatic carbocycles. The predicted octanol–water partition coefficient (Wildman–Crippen LogP) is 4.87. The smallest absolute Gasteiger partial charge is 0.281 e. The zero-order valence-electron chi connectivity index (χ0n) is 15.8. The summed E-state index contributed by atoms with van der Waals surface area (Å²) in [6.45, 7) is 4.50. The molecule has 2 heterocycles. The third-order valence-electron chi connectivity index (χ3n) is 4.74. The predicted molar refractivity (Wildman–Crippen MR) is 106 cm³/mol. The molecule has 0 spiro atoms. The maximum atomic E-state index is 13.3. The van der Waals surface area contributed by atoms with Crippen LogP contribution >= 0.6 is 11.6 Å². The maximum absolute atomic E-state index is 13.3. The molecule has 1 aliphatic rings. The van der Waals surface area contributed by atoms with Crippen LogP contribution < -0.4 is 14.4 Å². The third-order valence-corrected chi connectivity index (χ3v) is 4.97. The number of ether oxygens (including phenoxy) is 2. The van der Waals surface area contributed by atoms with Gasteiger partial charge in [-0.2, -0.15) is 0 Å². The van der Waals surface area contributed by atoms with Gasteiger partial charge in [-0.15, -0.1) is 0 Å². The van der Waals surface area contributed by atoms with E-state index in [0.29, 0.717) is 34.3 Å². The van der Waals surface area contributed by atoms with Crippen LogP contribution in [0.5, 0.6) is 11.5 Å². The van der Waals surface area contributed by atoms with E-state index in [4.69, 9.17) is 25.6 Å². The van der Waals surface area contributed by atoms with Gasteiger partial charge in [-0.25, -0.2) is 0 Å². The van der Waals surface area contributed by atoms with Crippen molar-refractivity contribution in [1.82, 2.24) is 5.16 Å². The molecular formula is C21H19ClN2O4. The molecule has 144 valence electrons. The van der Waals surface area contributed by atoms with Crippen LogP contribution in [-0.4, -0.2) is 24.7 Å². The van der Waals surface area contributed by atoms with E-state index >= 15 is 0 Å². The number of carbonyl (C=O) groups excluding carboxylic acids is 1. The molecule has 4 rings (SSSR count).